The van der Waals surface area contributed by atoms with E-state index in [2.05, 4.69) is 4.90 Å². The maximum Gasteiger partial charge on any atom is 0.308 e. The summed E-state index contributed by atoms with van der Waals surface area (Å²) in [6.45, 7) is 3.13. The van der Waals surface area contributed by atoms with Gasteiger partial charge in [0, 0.05) is 19.1 Å². The van der Waals surface area contributed by atoms with Crippen molar-refractivity contribution < 1.29 is 18.3 Å². The predicted molar refractivity (Wildman–Crippen MR) is 63.5 cm³/mol. The van der Waals surface area contributed by atoms with E-state index < -0.39 is 15.8 Å². The van der Waals surface area contributed by atoms with Gasteiger partial charge >= 0.3 is 5.97 Å². The van der Waals surface area contributed by atoms with Crippen LogP contribution >= 0.6 is 0 Å². The monoisotopic (exact) mass is 261 g/mol. The van der Waals surface area contributed by atoms with E-state index in [0.29, 0.717) is 19.5 Å². The van der Waals surface area contributed by atoms with E-state index >= 15 is 0 Å². The van der Waals surface area contributed by atoms with Crippen LogP contribution in [0.1, 0.15) is 19.8 Å². The number of likely N-dealkylation sites (tertiary alicyclic amines) is 1. The third kappa shape index (κ3) is 2.80. The average molecular weight is 261 g/mol. The Morgan fingerprint density at radius 3 is 2.59 bits per heavy atom. The van der Waals surface area contributed by atoms with Gasteiger partial charge in [-0.15, -0.1) is 0 Å². The van der Waals surface area contributed by atoms with Crippen LogP contribution in [0.2, 0.25) is 0 Å². The molecule has 2 fully saturated rings. The van der Waals surface area contributed by atoms with E-state index in [1.54, 1.807) is 0 Å². The zero-order valence-corrected chi connectivity index (χ0v) is 10.8. The van der Waals surface area contributed by atoms with Crippen LogP contribution in [0.25, 0.3) is 0 Å². The van der Waals surface area contributed by atoms with Crippen molar-refractivity contribution in [3.8, 4) is 0 Å². The normalized spacial score (nSPS) is 38.1. The number of rotatable bonds is 2. The van der Waals surface area contributed by atoms with Crippen LogP contribution in [0.4, 0.5) is 0 Å². The first-order chi connectivity index (χ1) is 7.89. The Morgan fingerprint density at radius 1 is 1.35 bits per heavy atom. The summed E-state index contributed by atoms with van der Waals surface area (Å²) >= 11 is 0. The smallest absolute Gasteiger partial charge is 0.308 e. The van der Waals surface area contributed by atoms with E-state index in [1.807, 2.05) is 6.92 Å². The van der Waals surface area contributed by atoms with Crippen LogP contribution < -0.4 is 0 Å². The molecule has 0 aliphatic carbocycles. The Labute approximate surface area is 102 Å². The molecule has 5 nitrogen and oxygen atoms in total. The summed E-state index contributed by atoms with van der Waals surface area (Å²) in [6.07, 6.45) is 1.58. The highest BCUT2D eigenvalue weighted by Crippen LogP contribution is 2.28. The minimum atomic E-state index is -2.91. The number of carboxylic acid groups (broad SMARTS) is 1. The highest BCUT2D eigenvalue weighted by Gasteiger charge is 2.39. The first-order valence-corrected chi connectivity index (χ1v) is 7.88. The molecule has 0 saturated carbocycles. The number of hydrogen-bond acceptors (Lipinski definition) is 4. The molecule has 2 aliphatic rings. The third-order valence-corrected chi connectivity index (χ3v) is 5.72. The number of nitrogens with zero attached hydrogens (tertiary/aromatic N) is 1. The summed E-state index contributed by atoms with van der Waals surface area (Å²) < 4.78 is 23.1. The van der Waals surface area contributed by atoms with Gasteiger partial charge in [-0.05, 0) is 18.8 Å². The van der Waals surface area contributed by atoms with Crippen molar-refractivity contribution in [1.29, 1.82) is 0 Å². The van der Waals surface area contributed by atoms with Crippen molar-refractivity contribution in [2.24, 2.45) is 11.8 Å². The van der Waals surface area contributed by atoms with Gasteiger partial charge in [-0.25, -0.2) is 8.42 Å². The molecule has 0 aromatic rings. The Balaban J connectivity index is 2.03. The van der Waals surface area contributed by atoms with Gasteiger partial charge in [-0.2, -0.15) is 0 Å². The number of sulfone groups is 1. The Kier molecular flexibility index (Phi) is 3.45. The zero-order chi connectivity index (χ0) is 12.6. The van der Waals surface area contributed by atoms with Gasteiger partial charge < -0.3 is 5.11 Å². The number of aliphatic carboxylic acids is 1. The minimum Gasteiger partial charge on any atom is -0.481 e. The fourth-order valence-corrected chi connectivity index (χ4v) is 4.65. The van der Waals surface area contributed by atoms with Crippen LogP contribution in [-0.4, -0.2) is 55.0 Å². The molecular formula is C11H19NO4S. The molecule has 0 aromatic carbocycles. The molecule has 0 aromatic heterocycles. The second kappa shape index (κ2) is 4.57. The second-order valence-corrected chi connectivity index (χ2v) is 7.52. The van der Waals surface area contributed by atoms with Crippen LogP contribution in [-0.2, 0) is 14.6 Å². The lowest BCUT2D eigenvalue weighted by Gasteiger charge is -2.30. The average Bonchev–Trinajstić information content (AvgIpc) is 2.59. The standard InChI is InChI=1S/C11H19NO4S/c1-8-5-12(6-10(8)11(13)14)9-3-2-4-17(15,16)7-9/h8-10H,2-7H2,1H3,(H,13,14)/t8-,9?,10-/m1/s1. The van der Waals surface area contributed by atoms with Gasteiger partial charge in [0.2, 0.25) is 0 Å². The molecule has 6 heteroatoms. The van der Waals surface area contributed by atoms with Gasteiger partial charge in [0.05, 0.1) is 17.4 Å². The molecule has 98 valence electrons. The fourth-order valence-electron chi connectivity index (χ4n) is 2.91. The largest absolute Gasteiger partial charge is 0.481 e. The Bertz CT molecular complexity index is 406. The van der Waals surface area contributed by atoms with E-state index in [-0.39, 0.29) is 29.4 Å². The van der Waals surface area contributed by atoms with E-state index in [0.717, 1.165) is 6.42 Å². The molecule has 3 atom stereocenters. The SMILES string of the molecule is C[C@@H]1CN(C2CCCS(=O)(=O)C2)C[C@H]1C(=O)O. The van der Waals surface area contributed by atoms with E-state index in [1.165, 1.54) is 0 Å². The Morgan fingerprint density at radius 2 is 2.06 bits per heavy atom. The maximum atomic E-state index is 11.6. The van der Waals surface area contributed by atoms with Crippen molar-refractivity contribution in [1.82, 2.24) is 4.90 Å². The molecule has 2 saturated heterocycles. The quantitative estimate of drug-likeness (QED) is 0.769. The molecule has 1 unspecified atom stereocenters. The number of hydrogen-bond donors (Lipinski definition) is 1. The molecule has 0 bridgehead atoms. The summed E-state index contributed by atoms with van der Waals surface area (Å²) in [5.74, 6) is -0.517. The lowest BCUT2D eigenvalue weighted by molar-refractivity contribution is -0.142. The fraction of sp³-hybridized carbons (Fsp3) is 0.909. The molecule has 0 amide bonds. The molecule has 2 rings (SSSR count). The summed E-state index contributed by atoms with van der Waals surface area (Å²) in [7, 11) is -2.91. The van der Waals surface area contributed by atoms with Crippen molar-refractivity contribution in [2.45, 2.75) is 25.8 Å². The molecule has 2 aliphatic heterocycles. The lowest BCUT2D eigenvalue weighted by Crippen LogP contribution is -2.42. The summed E-state index contributed by atoms with van der Waals surface area (Å²) in [6, 6.07) is 0.0283. The van der Waals surface area contributed by atoms with Gasteiger partial charge in [0.15, 0.2) is 9.84 Å². The van der Waals surface area contributed by atoms with Crippen LogP contribution in [0.5, 0.6) is 0 Å². The Hall–Kier alpha value is -0.620. The maximum absolute atomic E-state index is 11.6. The second-order valence-electron chi connectivity index (χ2n) is 5.29. The van der Waals surface area contributed by atoms with Crippen molar-refractivity contribution in [3.05, 3.63) is 0 Å². The molecule has 17 heavy (non-hydrogen) atoms. The predicted octanol–water partition coefficient (Wildman–Crippen LogP) is 0.216. The number of carboxylic acids is 1. The molecule has 1 N–H and O–H groups in total. The first-order valence-electron chi connectivity index (χ1n) is 6.06. The summed E-state index contributed by atoms with van der Waals surface area (Å²) in [4.78, 5) is 13.1. The van der Waals surface area contributed by atoms with Crippen LogP contribution in [0.3, 0.4) is 0 Å². The molecule has 2 heterocycles. The van der Waals surface area contributed by atoms with Crippen molar-refractivity contribution in [2.75, 3.05) is 24.6 Å². The number of carbonyl (C=O) groups is 1. The van der Waals surface area contributed by atoms with E-state index in [9.17, 15) is 13.2 Å². The summed E-state index contributed by atoms with van der Waals surface area (Å²) in [5, 5.41) is 9.06. The first kappa shape index (κ1) is 12.8. The zero-order valence-electron chi connectivity index (χ0n) is 10.0. The van der Waals surface area contributed by atoms with Crippen LogP contribution in [0, 0.1) is 11.8 Å². The lowest BCUT2D eigenvalue weighted by atomic mass is 9.99. The van der Waals surface area contributed by atoms with Crippen LogP contribution in [0.15, 0.2) is 0 Å². The third-order valence-electron chi connectivity index (χ3n) is 3.91. The van der Waals surface area contributed by atoms with Crippen molar-refractivity contribution >= 4 is 15.8 Å². The molecule has 0 radical (unpaired) electrons. The highest BCUT2D eigenvalue weighted by atomic mass is 32.2. The van der Waals surface area contributed by atoms with Gasteiger partial charge in [0.1, 0.15) is 0 Å². The van der Waals surface area contributed by atoms with Gasteiger partial charge in [-0.3, -0.25) is 9.69 Å². The molecule has 0 spiro atoms. The highest BCUT2D eigenvalue weighted by molar-refractivity contribution is 7.91. The topological polar surface area (TPSA) is 74.7 Å². The molecular weight excluding hydrogens is 242 g/mol. The van der Waals surface area contributed by atoms with Gasteiger partial charge in [0.25, 0.3) is 0 Å². The minimum absolute atomic E-state index is 0.0283. The van der Waals surface area contributed by atoms with E-state index in [4.69, 9.17) is 5.11 Å². The van der Waals surface area contributed by atoms with Gasteiger partial charge in [-0.1, -0.05) is 6.92 Å². The summed E-state index contributed by atoms with van der Waals surface area (Å²) in [5.41, 5.74) is 0. The van der Waals surface area contributed by atoms with Crippen molar-refractivity contribution in [3.63, 3.8) is 0 Å².